The van der Waals surface area contributed by atoms with Crippen LogP contribution >= 0.6 is 11.8 Å². The molecule has 8 aromatic carbocycles. The Labute approximate surface area is 309 Å². The highest BCUT2D eigenvalue weighted by atomic mass is 32.2. The van der Waals surface area contributed by atoms with Crippen molar-refractivity contribution < 1.29 is 0 Å². The third-order valence-corrected chi connectivity index (χ3v) is 12.2. The fraction of sp³-hybridized carbons (Fsp3) is 0.0400. The van der Waals surface area contributed by atoms with E-state index in [1.54, 1.807) is 0 Å². The number of thioether (sulfide) groups is 1. The van der Waals surface area contributed by atoms with Crippen molar-refractivity contribution in [3.05, 3.63) is 222 Å². The highest BCUT2D eigenvalue weighted by Crippen LogP contribution is 2.58. The first-order valence-corrected chi connectivity index (χ1v) is 18.9. The molecule has 0 N–H and O–H groups in total. The van der Waals surface area contributed by atoms with Gasteiger partial charge >= 0.3 is 0 Å². The van der Waals surface area contributed by atoms with Crippen molar-refractivity contribution in [3.63, 3.8) is 0 Å². The van der Waals surface area contributed by atoms with E-state index in [0.29, 0.717) is 0 Å². The van der Waals surface area contributed by atoms with Gasteiger partial charge < -0.3 is 4.90 Å². The number of benzene rings is 8. The third-order valence-electron chi connectivity index (χ3n) is 11.0. The lowest BCUT2D eigenvalue weighted by Crippen LogP contribution is -2.32. The van der Waals surface area contributed by atoms with Crippen LogP contribution in [0.2, 0.25) is 0 Å². The maximum absolute atomic E-state index is 4.70. The second kappa shape index (κ2) is 12.3. The zero-order chi connectivity index (χ0) is 34.6. The molecular weight excluding hydrogens is 647 g/mol. The van der Waals surface area contributed by atoms with Gasteiger partial charge in [0.05, 0.1) is 5.41 Å². The van der Waals surface area contributed by atoms with Gasteiger partial charge in [-0.05, 0) is 109 Å². The van der Waals surface area contributed by atoms with E-state index < -0.39 is 0 Å². The van der Waals surface area contributed by atoms with E-state index in [-0.39, 0.29) is 5.41 Å². The average molecular weight is 682 g/mol. The quantitative estimate of drug-likeness (QED) is 0.182. The summed E-state index contributed by atoms with van der Waals surface area (Å²) in [6.45, 7) is 4.70. The molecule has 0 amide bonds. The van der Waals surface area contributed by atoms with Gasteiger partial charge in [-0.1, -0.05) is 152 Å². The molecule has 2 aliphatic rings. The Morgan fingerprint density at radius 3 is 1.79 bits per heavy atom. The first-order chi connectivity index (χ1) is 25.7. The van der Waals surface area contributed by atoms with E-state index in [2.05, 4.69) is 193 Å². The molecule has 52 heavy (non-hydrogen) atoms. The minimum absolute atomic E-state index is 0.340. The lowest BCUT2D eigenvalue weighted by Gasteiger charge is -2.37. The van der Waals surface area contributed by atoms with Crippen molar-refractivity contribution in [1.82, 2.24) is 0 Å². The molecule has 2 heteroatoms. The molecule has 1 unspecified atom stereocenters. The van der Waals surface area contributed by atoms with Crippen LogP contribution in [0.4, 0.5) is 17.1 Å². The zero-order valence-corrected chi connectivity index (χ0v) is 29.5. The smallest absolute Gasteiger partial charge is 0.0563 e. The number of hydrogen-bond donors (Lipinski definition) is 0. The van der Waals surface area contributed by atoms with Gasteiger partial charge in [0.15, 0.2) is 0 Å². The van der Waals surface area contributed by atoms with Crippen LogP contribution in [0.15, 0.2) is 200 Å². The molecule has 1 heterocycles. The number of hydrogen-bond acceptors (Lipinski definition) is 2. The summed E-state index contributed by atoms with van der Waals surface area (Å²) >= 11 is 1.95. The summed E-state index contributed by atoms with van der Waals surface area (Å²) in [7, 11) is 0. The van der Waals surface area contributed by atoms with E-state index in [0.717, 1.165) is 28.4 Å². The van der Waals surface area contributed by atoms with Crippen LogP contribution in [0.5, 0.6) is 0 Å². The third kappa shape index (κ3) is 4.79. The van der Waals surface area contributed by atoms with Gasteiger partial charge in [-0.15, -0.1) is 11.8 Å². The van der Waals surface area contributed by atoms with Crippen LogP contribution in [-0.2, 0) is 5.41 Å². The number of anilines is 3. The number of rotatable bonds is 4. The van der Waals surface area contributed by atoms with Gasteiger partial charge in [0.25, 0.3) is 0 Å². The van der Waals surface area contributed by atoms with Crippen molar-refractivity contribution in [2.45, 2.75) is 10.3 Å². The van der Waals surface area contributed by atoms with Crippen LogP contribution in [0.25, 0.3) is 38.6 Å². The van der Waals surface area contributed by atoms with E-state index in [4.69, 9.17) is 6.58 Å². The maximum Gasteiger partial charge on any atom is 0.0563 e. The first-order valence-electron chi connectivity index (χ1n) is 17.9. The highest BCUT2D eigenvalue weighted by Gasteiger charge is 2.47. The van der Waals surface area contributed by atoms with Gasteiger partial charge in [0.1, 0.15) is 0 Å². The Hall–Kier alpha value is -6.09. The molecule has 8 aromatic rings. The van der Waals surface area contributed by atoms with Gasteiger partial charge in [-0.3, -0.25) is 0 Å². The Bertz CT molecular complexity index is 2660. The summed E-state index contributed by atoms with van der Waals surface area (Å²) in [5.74, 6) is 0.896. The summed E-state index contributed by atoms with van der Waals surface area (Å²) in [6.07, 6.45) is 0. The number of fused-ring (bicyclic) bond motifs is 9. The molecule has 1 aliphatic heterocycles. The average Bonchev–Trinajstić information content (AvgIpc) is 3.50. The molecule has 0 saturated heterocycles. The summed E-state index contributed by atoms with van der Waals surface area (Å²) in [5, 5.41) is 2.46. The van der Waals surface area contributed by atoms with E-state index in [9.17, 15) is 0 Å². The van der Waals surface area contributed by atoms with E-state index in [1.807, 2.05) is 11.8 Å². The Balaban J connectivity index is 1.17. The summed E-state index contributed by atoms with van der Waals surface area (Å²) in [5.41, 5.74) is 15.6. The molecule has 0 saturated carbocycles. The van der Waals surface area contributed by atoms with Crippen LogP contribution in [0, 0.1) is 0 Å². The van der Waals surface area contributed by atoms with Crippen LogP contribution in [-0.4, -0.2) is 5.75 Å². The van der Waals surface area contributed by atoms with Crippen LogP contribution in [0.1, 0.15) is 27.8 Å². The molecule has 246 valence electrons. The molecule has 0 radical (unpaired) electrons. The lowest BCUT2D eigenvalue weighted by molar-refractivity contribution is 0.723. The van der Waals surface area contributed by atoms with Gasteiger partial charge in [0, 0.05) is 27.7 Å². The molecule has 1 atom stereocenters. The minimum atomic E-state index is -0.340. The molecule has 1 nitrogen and oxygen atoms in total. The van der Waals surface area contributed by atoms with Gasteiger partial charge in [0.2, 0.25) is 0 Å². The second-order valence-corrected chi connectivity index (χ2v) is 14.8. The highest BCUT2D eigenvalue weighted by molar-refractivity contribution is 7.99. The molecule has 10 rings (SSSR count). The van der Waals surface area contributed by atoms with Crippen molar-refractivity contribution >= 4 is 45.2 Å². The lowest BCUT2D eigenvalue weighted by atomic mass is 9.71. The Kier molecular flexibility index (Phi) is 7.26. The minimum Gasteiger partial charge on any atom is -0.310 e. The Morgan fingerprint density at radius 1 is 0.423 bits per heavy atom. The normalized spacial score (nSPS) is 15.7. The van der Waals surface area contributed by atoms with Crippen molar-refractivity contribution in [1.29, 1.82) is 0 Å². The standard InChI is InChI=1S/C50H35NS/c1-34-42-17-7-10-20-46(42)50(33-52-49-22-12-9-18-43(34)49)47-21-11-8-19-44(47)45-32-41(29-30-48(45)50)51(40-28-25-36-15-5-6-16-38(36)31-40)39-26-23-37(24-27-39)35-13-3-2-4-14-35/h2-32H,1,33H2. The predicted octanol–water partition coefficient (Wildman–Crippen LogP) is 13.5. The maximum atomic E-state index is 4.70. The summed E-state index contributed by atoms with van der Waals surface area (Å²) in [4.78, 5) is 3.69. The fourth-order valence-corrected chi connectivity index (χ4v) is 9.87. The first kappa shape index (κ1) is 30.7. The molecular formula is C50H35NS. The molecule has 1 aliphatic carbocycles. The van der Waals surface area contributed by atoms with Crippen molar-refractivity contribution in [2.24, 2.45) is 0 Å². The summed E-state index contributed by atoms with van der Waals surface area (Å²) < 4.78 is 0. The zero-order valence-electron chi connectivity index (χ0n) is 28.7. The predicted molar refractivity (Wildman–Crippen MR) is 221 cm³/mol. The van der Waals surface area contributed by atoms with E-state index in [1.165, 1.54) is 65.7 Å². The SMILES string of the molecule is C=C1c2ccccc2SCC2(c3ccccc31)c1ccccc1-c1cc(N(c3ccc(-c4ccccc4)cc3)c3ccc4ccccc4c3)ccc12. The monoisotopic (exact) mass is 681 g/mol. The molecule has 0 fully saturated rings. The van der Waals surface area contributed by atoms with Gasteiger partial charge in [-0.25, -0.2) is 0 Å². The van der Waals surface area contributed by atoms with E-state index >= 15 is 0 Å². The fourth-order valence-electron chi connectivity index (χ4n) is 8.51. The summed E-state index contributed by atoms with van der Waals surface area (Å²) in [6, 6.07) is 68.9. The van der Waals surface area contributed by atoms with Crippen LogP contribution < -0.4 is 4.90 Å². The molecule has 0 aromatic heterocycles. The van der Waals surface area contributed by atoms with Gasteiger partial charge in [-0.2, -0.15) is 0 Å². The molecule has 1 spiro atoms. The largest absolute Gasteiger partial charge is 0.310 e. The molecule has 0 bridgehead atoms. The second-order valence-electron chi connectivity index (χ2n) is 13.8. The Morgan fingerprint density at radius 2 is 0.981 bits per heavy atom. The van der Waals surface area contributed by atoms with Crippen molar-refractivity contribution in [2.75, 3.05) is 10.7 Å². The van der Waals surface area contributed by atoms with Crippen LogP contribution in [0.3, 0.4) is 0 Å². The topological polar surface area (TPSA) is 3.24 Å². The number of nitrogens with zero attached hydrogens (tertiary/aromatic N) is 1. The van der Waals surface area contributed by atoms with Crippen molar-refractivity contribution in [3.8, 4) is 22.3 Å².